The monoisotopic (exact) mass is 244 g/mol. The van der Waals surface area contributed by atoms with E-state index in [0.29, 0.717) is 11.8 Å². The lowest BCUT2D eigenvalue weighted by molar-refractivity contribution is 0.564. The Hall–Kier alpha value is -1.27. The molecular weight excluding hydrogens is 228 g/mol. The van der Waals surface area contributed by atoms with Crippen LogP contribution in [0.1, 0.15) is 30.9 Å². The van der Waals surface area contributed by atoms with E-state index in [1.54, 1.807) is 0 Å². The topological polar surface area (TPSA) is 0 Å². The van der Waals surface area contributed by atoms with Crippen molar-refractivity contribution in [2.24, 2.45) is 5.92 Å². The zero-order valence-corrected chi connectivity index (χ0v) is 11.0. The van der Waals surface area contributed by atoms with Crippen molar-refractivity contribution in [1.82, 2.24) is 0 Å². The fourth-order valence-electron chi connectivity index (χ4n) is 2.31. The molecule has 0 amide bonds. The summed E-state index contributed by atoms with van der Waals surface area (Å²) in [6, 6.07) is 18.7. The molecule has 0 nitrogen and oxygen atoms in total. The molecule has 2 aromatic rings. The van der Waals surface area contributed by atoms with Crippen LogP contribution in [0, 0.1) is 5.92 Å². The number of hydrogen-bond donors (Lipinski definition) is 0. The van der Waals surface area contributed by atoms with Crippen molar-refractivity contribution < 1.29 is 0 Å². The van der Waals surface area contributed by atoms with Gasteiger partial charge < -0.3 is 0 Å². The zero-order valence-electron chi connectivity index (χ0n) is 10.2. The van der Waals surface area contributed by atoms with Gasteiger partial charge in [-0.3, -0.25) is 0 Å². The molecule has 0 saturated carbocycles. The van der Waals surface area contributed by atoms with Gasteiger partial charge in [0.2, 0.25) is 0 Å². The van der Waals surface area contributed by atoms with Crippen LogP contribution < -0.4 is 0 Å². The second kappa shape index (κ2) is 5.37. The summed E-state index contributed by atoms with van der Waals surface area (Å²) < 4.78 is 0. The normalized spacial score (nSPS) is 12.7. The summed E-state index contributed by atoms with van der Waals surface area (Å²) in [6.45, 7) is 4.47. The highest BCUT2D eigenvalue weighted by molar-refractivity contribution is 6.31. The third-order valence-electron chi connectivity index (χ3n) is 3.07. The third-order valence-corrected chi connectivity index (χ3v) is 3.41. The van der Waals surface area contributed by atoms with Crippen molar-refractivity contribution in [3.05, 3.63) is 70.7 Å². The molecule has 0 aliphatic carbocycles. The lowest BCUT2D eigenvalue weighted by Crippen LogP contribution is -2.08. The van der Waals surface area contributed by atoms with Gasteiger partial charge in [-0.15, -0.1) is 0 Å². The summed E-state index contributed by atoms with van der Waals surface area (Å²) in [5.74, 6) is 0.891. The van der Waals surface area contributed by atoms with Crippen LogP contribution in [0.5, 0.6) is 0 Å². The first-order chi connectivity index (χ1) is 8.20. The SMILES string of the molecule is CC(C)[C@@H](c1ccccc1)c1ccccc1Cl. The molecule has 0 spiro atoms. The van der Waals surface area contributed by atoms with Gasteiger partial charge in [-0.25, -0.2) is 0 Å². The van der Waals surface area contributed by atoms with Crippen molar-refractivity contribution in [3.8, 4) is 0 Å². The van der Waals surface area contributed by atoms with E-state index in [2.05, 4.69) is 50.2 Å². The molecule has 17 heavy (non-hydrogen) atoms. The summed E-state index contributed by atoms with van der Waals surface area (Å²) in [5.41, 5.74) is 2.55. The van der Waals surface area contributed by atoms with Crippen LogP contribution in [0.4, 0.5) is 0 Å². The molecule has 0 aliphatic heterocycles. The minimum atomic E-state index is 0.366. The average Bonchev–Trinajstić information content (AvgIpc) is 2.33. The Morgan fingerprint density at radius 1 is 0.824 bits per heavy atom. The summed E-state index contributed by atoms with van der Waals surface area (Å²) in [4.78, 5) is 0. The van der Waals surface area contributed by atoms with Crippen molar-refractivity contribution in [3.63, 3.8) is 0 Å². The second-order valence-corrected chi connectivity index (χ2v) is 5.06. The fraction of sp³-hybridized carbons (Fsp3) is 0.250. The number of benzene rings is 2. The first kappa shape index (κ1) is 12.2. The Bertz CT molecular complexity index is 474. The first-order valence-electron chi connectivity index (χ1n) is 5.99. The molecule has 2 aromatic carbocycles. The highest BCUT2D eigenvalue weighted by Crippen LogP contribution is 2.35. The summed E-state index contributed by atoms with van der Waals surface area (Å²) in [7, 11) is 0. The Morgan fingerprint density at radius 2 is 1.41 bits per heavy atom. The van der Waals surface area contributed by atoms with E-state index in [1.807, 2.05) is 18.2 Å². The molecular formula is C16H17Cl. The summed E-state index contributed by atoms with van der Waals surface area (Å²) >= 11 is 6.31. The van der Waals surface area contributed by atoms with Crippen LogP contribution >= 0.6 is 11.6 Å². The average molecular weight is 245 g/mol. The van der Waals surface area contributed by atoms with E-state index < -0.39 is 0 Å². The Labute approximate surface area is 108 Å². The molecule has 1 atom stereocenters. The van der Waals surface area contributed by atoms with Crippen LogP contribution in [0.3, 0.4) is 0 Å². The molecule has 0 bridgehead atoms. The minimum absolute atomic E-state index is 0.366. The van der Waals surface area contributed by atoms with Gasteiger partial charge in [0.1, 0.15) is 0 Å². The molecule has 0 heterocycles. The highest BCUT2D eigenvalue weighted by Gasteiger charge is 2.19. The van der Waals surface area contributed by atoms with Gasteiger partial charge in [0, 0.05) is 10.9 Å². The maximum atomic E-state index is 6.31. The van der Waals surface area contributed by atoms with Gasteiger partial charge in [-0.05, 0) is 23.1 Å². The molecule has 0 saturated heterocycles. The van der Waals surface area contributed by atoms with Crippen molar-refractivity contribution in [2.45, 2.75) is 19.8 Å². The van der Waals surface area contributed by atoms with Gasteiger partial charge in [0.15, 0.2) is 0 Å². The van der Waals surface area contributed by atoms with Gasteiger partial charge in [-0.2, -0.15) is 0 Å². The minimum Gasteiger partial charge on any atom is -0.0840 e. The van der Waals surface area contributed by atoms with Crippen molar-refractivity contribution in [2.75, 3.05) is 0 Å². The lowest BCUT2D eigenvalue weighted by atomic mass is 9.83. The summed E-state index contributed by atoms with van der Waals surface area (Å²) in [5, 5.41) is 0.857. The third kappa shape index (κ3) is 2.70. The van der Waals surface area contributed by atoms with E-state index in [1.165, 1.54) is 11.1 Å². The van der Waals surface area contributed by atoms with E-state index in [-0.39, 0.29) is 0 Å². The predicted octanol–water partition coefficient (Wildman–Crippen LogP) is 5.13. The predicted molar refractivity (Wildman–Crippen MR) is 74.6 cm³/mol. The van der Waals surface area contributed by atoms with Crippen molar-refractivity contribution in [1.29, 1.82) is 0 Å². The van der Waals surface area contributed by atoms with Gasteiger partial charge in [0.05, 0.1) is 0 Å². The van der Waals surface area contributed by atoms with E-state index in [0.717, 1.165) is 5.02 Å². The summed E-state index contributed by atoms with van der Waals surface area (Å²) in [6.07, 6.45) is 0. The maximum absolute atomic E-state index is 6.31. The highest BCUT2D eigenvalue weighted by atomic mass is 35.5. The number of hydrogen-bond acceptors (Lipinski definition) is 0. The molecule has 88 valence electrons. The zero-order chi connectivity index (χ0) is 12.3. The standard InChI is InChI=1S/C16H17Cl/c1-12(2)16(13-8-4-3-5-9-13)14-10-6-7-11-15(14)17/h3-12,16H,1-2H3/t16-/m0/s1. The van der Waals surface area contributed by atoms with Crippen molar-refractivity contribution >= 4 is 11.6 Å². The Morgan fingerprint density at radius 3 is 2.00 bits per heavy atom. The largest absolute Gasteiger partial charge is 0.0840 e. The van der Waals surface area contributed by atoms with Crippen LogP contribution in [-0.4, -0.2) is 0 Å². The van der Waals surface area contributed by atoms with Crippen LogP contribution in [0.15, 0.2) is 54.6 Å². The fourth-order valence-corrected chi connectivity index (χ4v) is 2.56. The van der Waals surface area contributed by atoms with Gasteiger partial charge in [-0.1, -0.05) is 74.0 Å². The van der Waals surface area contributed by atoms with Crippen LogP contribution in [-0.2, 0) is 0 Å². The Balaban J connectivity index is 2.47. The maximum Gasteiger partial charge on any atom is 0.0444 e. The second-order valence-electron chi connectivity index (χ2n) is 4.65. The molecule has 0 fully saturated rings. The molecule has 0 aromatic heterocycles. The smallest absolute Gasteiger partial charge is 0.0444 e. The van der Waals surface area contributed by atoms with E-state index in [4.69, 9.17) is 11.6 Å². The molecule has 2 rings (SSSR count). The molecule has 1 heteroatoms. The molecule has 0 radical (unpaired) electrons. The van der Waals surface area contributed by atoms with Crippen LogP contribution in [0.2, 0.25) is 5.02 Å². The van der Waals surface area contributed by atoms with Gasteiger partial charge >= 0.3 is 0 Å². The number of halogens is 1. The van der Waals surface area contributed by atoms with Crippen LogP contribution in [0.25, 0.3) is 0 Å². The van der Waals surface area contributed by atoms with Gasteiger partial charge in [0.25, 0.3) is 0 Å². The number of rotatable bonds is 3. The van der Waals surface area contributed by atoms with E-state index >= 15 is 0 Å². The first-order valence-corrected chi connectivity index (χ1v) is 6.37. The van der Waals surface area contributed by atoms with E-state index in [9.17, 15) is 0 Å². The quantitative estimate of drug-likeness (QED) is 0.702. The molecule has 0 unspecified atom stereocenters. The Kier molecular flexibility index (Phi) is 3.86. The molecule has 0 aliphatic rings. The molecule has 0 N–H and O–H groups in total. The lowest BCUT2D eigenvalue weighted by Gasteiger charge is -2.23.